The summed E-state index contributed by atoms with van der Waals surface area (Å²) in [6.45, 7) is 0.258. The zero-order valence-corrected chi connectivity index (χ0v) is 10.7. The van der Waals surface area contributed by atoms with Crippen LogP contribution in [0, 0.1) is 11.3 Å². The van der Waals surface area contributed by atoms with Crippen molar-refractivity contribution in [1.82, 2.24) is 4.31 Å². The van der Waals surface area contributed by atoms with E-state index in [4.69, 9.17) is 11.0 Å². The van der Waals surface area contributed by atoms with Gasteiger partial charge in [-0.05, 0) is 37.1 Å². The van der Waals surface area contributed by atoms with Crippen molar-refractivity contribution in [2.75, 3.05) is 12.3 Å². The molecule has 0 heterocycles. The van der Waals surface area contributed by atoms with Gasteiger partial charge in [-0.2, -0.15) is 9.57 Å². The maximum atomic E-state index is 12.4. The highest BCUT2D eigenvalue weighted by atomic mass is 32.2. The predicted molar refractivity (Wildman–Crippen MR) is 68.0 cm³/mol. The van der Waals surface area contributed by atoms with Crippen molar-refractivity contribution in [1.29, 1.82) is 5.26 Å². The molecule has 1 fully saturated rings. The number of nitriles is 1. The first-order valence-corrected chi connectivity index (χ1v) is 7.24. The number of hydrogen-bond acceptors (Lipinski definition) is 4. The Bertz CT molecular complexity index is 556. The molecule has 5 nitrogen and oxygen atoms in total. The summed E-state index contributed by atoms with van der Waals surface area (Å²) < 4.78 is 26.2. The zero-order chi connectivity index (χ0) is 13.2. The Morgan fingerprint density at radius 1 is 1.33 bits per heavy atom. The van der Waals surface area contributed by atoms with Crippen LogP contribution in [-0.4, -0.2) is 25.3 Å². The summed E-state index contributed by atoms with van der Waals surface area (Å²) in [4.78, 5) is 0.238. The Morgan fingerprint density at radius 3 is 2.44 bits per heavy atom. The Hall–Kier alpha value is -1.58. The Labute approximate surface area is 107 Å². The summed E-state index contributed by atoms with van der Waals surface area (Å²) in [5.41, 5.74) is 6.08. The second-order valence-electron chi connectivity index (χ2n) is 4.32. The van der Waals surface area contributed by atoms with Gasteiger partial charge in [0.2, 0.25) is 10.0 Å². The quantitative estimate of drug-likeness (QED) is 0.814. The molecule has 1 aliphatic rings. The molecule has 0 saturated heterocycles. The SMILES string of the molecule is N#CCCN(C1CC1)S(=O)(=O)c1ccc(N)cc1. The number of benzene rings is 1. The minimum atomic E-state index is -3.50. The van der Waals surface area contributed by atoms with Gasteiger partial charge in [0.15, 0.2) is 0 Å². The fourth-order valence-corrected chi connectivity index (χ4v) is 3.48. The lowest BCUT2D eigenvalue weighted by atomic mass is 10.3. The van der Waals surface area contributed by atoms with E-state index in [2.05, 4.69) is 0 Å². The fourth-order valence-electron chi connectivity index (χ4n) is 1.80. The number of anilines is 1. The highest BCUT2D eigenvalue weighted by Crippen LogP contribution is 2.32. The molecule has 0 atom stereocenters. The van der Waals surface area contributed by atoms with Gasteiger partial charge >= 0.3 is 0 Å². The van der Waals surface area contributed by atoms with Crippen molar-refractivity contribution < 1.29 is 8.42 Å². The molecule has 2 N–H and O–H groups in total. The lowest BCUT2D eigenvalue weighted by Crippen LogP contribution is -2.33. The monoisotopic (exact) mass is 265 g/mol. The van der Waals surface area contributed by atoms with Crippen molar-refractivity contribution >= 4 is 15.7 Å². The molecular weight excluding hydrogens is 250 g/mol. The Morgan fingerprint density at radius 2 is 1.94 bits per heavy atom. The van der Waals surface area contributed by atoms with Gasteiger partial charge in [0, 0.05) is 24.7 Å². The average Bonchev–Trinajstić information content (AvgIpc) is 3.14. The summed E-state index contributed by atoms with van der Waals surface area (Å²) >= 11 is 0. The molecule has 0 amide bonds. The van der Waals surface area contributed by atoms with E-state index in [1.54, 1.807) is 12.1 Å². The second kappa shape index (κ2) is 4.96. The molecule has 2 rings (SSSR count). The normalized spacial score (nSPS) is 15.6. The number of sulfonamides is 1. The van der Waals surface area contributed by atoms with Crippen LogP contribution in [-0.2, 0) is 10.0 Å². The molecule has 0 spiro atoms. The summed E-state index contributed by atoms with van der Waals surface area (Å²) in [6, 6.07) is 8.20. The van der Waals surface area contributed by atoms with Gasteiger partial charge in [0.1, 0.15) is 0 Å². The molecule has 6 heteroatoms. The lowest BCUT2D eigenvalue weighted by molar-refractivity contribution is 0.411. The van der Waals surface area contributed by atoms with Crippen molar-refractivity contribution in [3.63, 3.8) is 0 Å². The number of rotatable bonds is 5. The fraction of sp³-hybridized carbons (Fsp3) is 0.417. The van der Waals surface area contributed by atoms with Crippen molar-refractivity contribution in [2.45, 2.75) is 30.2 Å². The number of nitrogen functional groups attached to an aromatic ring is 1. The average molecular weight is 265 g/mol. The topological polar surface area (TPSA) is 87.2 Å². The number of nitrogens with zero attached hydrogens (tertiary/aromatic N) is 2. The van der Waals surface area contributed by atoms with Crippen molar-refractivity contribution in [2.24, 2.45) is 0 Å². The van der Waals surface area contributed by atoms with Crippen molar-refractivity contribution in [3.8, 4) is 6.07 Å². The third-order valence-corrected chi connectivity index (χ3v) is 4.85. The van der Waals surface area contributed by atoms with Crippen LogP contribution in [0.3, 0.4) is 0 Å². The molecular formula is C12H15N3O2S. The smallest absolute Gasteiger partial charge is 0.243 e. The van der Waals surface area contributed by atoms with E-state index in [-0.39, 0.29) is 23.9 Å². The number of hydrogen-bond donors (Lipinski definition) is 1. The van der Waals surface area contributed by atoms with E-state index < -0.39 is 10.0 Å². The molecule has 0 radical (unpaired) electrons. The minimum absolute atomic E-state index is 0.0564. The maximum absolute atomic E-state index is 12.4. The first-order chi connectivity index (χ1) is 8.55. The van der Waals surface area contributed by atoms with E-state index in [0.29, 0.717) is 5.69 Å². The Balaban J connectivity index is 2.27. The third kappa shape index (κ3) is 2.63. The molecule has 0 aromatic heterocycles. The van der Waals surface area contributed by atoms with Crippen LogP contribution in [0.15, 0.2) is 29.2 Å². The number of nitrogens with two attached hydrogens (primary N) is 1. The highest BCUT2D eigenvalue weighted by molar-refractivity contribution is 7.89. The molecule has 1 aromatic carbocycles. The molecule has 0 bridgehead atoms. The highest BCUT2D eigenvalue weighted by Gasteiger charge is 2.37. The molecule has 96 valence electrons. The first kappa shape index (κ1) is 12.9. The maximum Gasteiger partial charge on any atom is 0.243 e. The second-order valence-corrected chi connectivity index (χ2v) is 6.21. The standard InChI is InChI=1S/C12H15N3O2S/c13-8-1-9-15(11-4-5-11)18(16,17)12-6-2-10(14)3-7-12/h2-3,6-7,11H,1,4-5,9,14H2. The molecule has 0 unspecified atom stereocenters. The zero-order valence-electron chi connectivity index (χ0n) is 9.91. The Kier molecular flexibility index (Phi) is 3.55. The first-order valence-electron chi connectivity index (χ1n) is 5.80. The molecule has 1 saturated carbocycles. The molecule has 1 aliphatic carbocycles. The van der Waals surface area contributed by atoms with Gasteiger partial charge in [-0.3, -0.25) is 0 Å². The summed E-state index contributed by atoms with van der Waals surface area (Å²) in [7, 11) is -3.50. The van der Waals surface area contributed by atoms with Gasteiger partial charge in [-0.15, -0.1) is 0 Å². The van der Waals surface area contributed by atoms with E-state index >= 15 is 0 Å². The van der Waals surface area contributed by atoms with Crippen molar-refractivity contribution in [3.05, 3.63) is 24.3 Å². The van der Waals surface area contributed by atoms with Gasteiger partial charge in [0.05, 0.1) is 11.0 Å². The largest absolute Gasteiger partial charge is 0.399 e. The van der Waals surface area contributed by atoms with E-state index in [0.717, 1.165) is 12.8 Å². The molecule has 1 aromatic rings. The van der Waals surface area contributed by atoms with Crippen LogP contribution in [0.25, 0.3) is 0 Å². The van der Waals surface area contributed by atoms with Crippen LogP contribution in [0.4, 0.5) is 5.69 Å². The van der Waals surface area contributed by atoms with Gasteiger partial charge in [0.25, 0.3) is 0 Å². The molecule has 18 heavy (non-hydrogen) atoms. The van der Waals surface area contributed by atoms with Crippen LogP contribution < -0.4 is 5.73 Å². The van der Waals surface area contributed by atoms with E-state index in [9.17, 15) is 8.42 Å². The third-order valence-electron chi connectivity index (χ3n) is 2.88. The van der Waals surface area contributed by atoms with Crippen LogP contribution in [0.2, 0.25) is 0 Å². The molecule has 0 aliphatic heterocycles. The minimum Gasteiger partial charge on any atom is -0.399 e. The van der Waals surface area contributed by atoms with Gasteiger partial charge in [-0.25, -0.2) is 8.42 Å². The van der Waals surface area contributed by atoms with Gasteiger partial charge in [-0.1, -0.05) is 0 Å². The predicted octanol–water partition coefficient (Wildman–Crippen LogP) is 1.34. The van der Waals surface area contributed by atoms with E-state index in [1.165, 1.54) is 16.4 Å². The summed E-state index contributed by atoms with van der Waals surface area (Å²) in [5.74, 6) is 0. The van der Waals surface area contributed by atoms with Crippen LogP contribution in [0.5, 0.6) is 0 Å². The van der Waals surface area contributed by atoms with Gasteiger partial charge < -0.3 is 5.73 Å². The lowest BCUT2D eigenvalue weighted by Gasteiger charge is -2.20. The van der Waals surface area contributed by atoms with E-state index in [1.807, 2.05) is 6.07 Å². The summed E-state index contributed by atoms with van der Waals surface area (Å²) in [5, 5.41) is 8.60. The summed E-state index contributed by atoms with van der Waals surface area (Å²) in [6.07, 6.45) is 1.96. The van der Waals surface area contributed by atoms with Crippen LogP contribution >= 0.6 is 0 Å². The van der Waals surface area contributed by atoms with Crippen LogP contribution in [0.1, 0.15) is 19.3 Å².